The van der Waals surface area contributed by atoms with Gasteiger partial charge in [-0.2, -0.15) is 0 Å². The number of nitrogens with one attached hydrogen (secondary N) is 1. The van der Waals surface area contributed by atoms with Crippen molar-refractivity contribution in [1.29, 1.82) is 0 Å². The second-order valence-electron chi connectivity index (χ2n) is 5.38. The molecule has 98 valence electrons. The fourth-order valence-corrected chi connectivity index (χ4v) is 3.53. The monoisotopic (exact) mass is 263 g/mol. The van der Waals surface area contributed by atoms with Crippen molar-refractivity contribution in [2.45, 2.75) is 55.4 Å². The average Bonchev–Trinajstić information content (AvgIpc) is 3.01. The van der Waals surface area contributed by atoms with Crippen LogP contribution in [0.2, 0.25) is 0 Å². The summed E-state index contributed by atoms with van der Waals surface area (Å²) in [5.74, 6) is 0. The molecule has 3 heteroatoms. The molecule has 0 aromatic heterocycles. The van der Waals surface area contributed by atoms with E-state index in [1.54, 1.807) is 11.8 Å². The van der Waals surface area contributed by atoms with E-state index < -0.39 is 0 Å². The molecule has 4 unspecified atom stereocenters. The van der Waals surface area contributed by atoms with Crippen molar-refractivity contribution in [1.82, 2.24) is 5.32 Å². The van der Waals surface area contributed by atoms with Gasteiger partial charge in [-0.1, -0.05) is 12.1 Å². The minimum absolute atomic E-state index is 0.411. The van der Waals surface area contributed by atoms with Gasteiger partial charge in [0, 0.05) is 17.0 Å². The lowest BCUT2D eigenvalue weighted by atomic mass is 9.94. The van der Waals surface area contributed by atoms with Crippen molar-refractivity contribution in [3.63, 3.8) is 0 Å². The molecule has 2 aliphatic rings. The summed E-state index contributed by atoms with van der Waals surface area (Å²) < 4.78 is 5.89. The van der Waals surface area contributed by atoms with Gasteiger partial charge in [-0.3, -0.25) is 0 Å². The van der Waals surface area contributed by atoms with Crippen molar-refractivity contribution >= 4 is 11.8 Å². The molecule has 0 saturated carbocycles. The highest BCUT2D eigenvalue weighted by Crippen LogP contribution is 2.35. The Kier molecular flexibility index (Phi) is 3.64. The van der Waals surface area contributed by atoms with Gasteiger partial charge in [-0.25, -0.2) is 0 Å². The van der Waals surface area contributed by atoms with E-state index in [1.807, 2.05) is 0 Å². The minimum atomic E-state index is 0.411. The predicted octanol–water partition coefficient (Wildman–Crippen LogP) is 3.38. The van der Waals surface area contributed by atoms with Gasteiger partial charge in [-0.05, 0) is 50.1 Å². The van der Waals surface area contributed by atoms with E-state index in [-0.39, 0.29) is 0 Å². The van der Waals surface area contributed by atoms with Crippen LogP contribution in [0.25, 0.3) is 0 Å². The van der Waals surface area contributed by atoms with Crippen LogP contribution in [0.4, 0.5) is 0 Å². The maximum absolute atomic E-state index is 5.89. The Hall–Kier alpha value is -0.510. The van der Waals surface area contributed by atoms with E-state index in [4.69, 9.17) is 4.74 Å². The first-order valence-electron chi connectivity index (χ1n) is 6.81. The Morgan fingerprint density at radius 2 is 2.06 bits per heavy atom. The molecule has 0 spiro atoms. The smallest absolute Gasteiger partial charge is 0.0733 e. The third-order valence-corrected chi connectivity index (χ3v) is 4.93. The molecule has 0 radical (unpaired) electrons. The van der Waals surface area contributed by atoms with Crippen LogP contribution in [-0.4, -0.2) is 24.5 Å². The third-order valence-electron chi connectivity index (χ3n) is 4.19. The number of benzene rings is 1. The second kappa shape index (κ2) is 5.24. The Bertz CT molecular complexity index is 405. The van der Waals surface area contributed by atoms with Gasteiger partial charge < -0.3 is 10.1 Å². The molecular formula is C15H21NOS. The van der Waals surface area contributed by atoms with E-state index in [0.717, 1.165) is 0 Å². The molecule has 2 bridgehead atoms. The number of thioether (sulfide) groups is 1. The summed E-state index contributed by atoms with van der Waals surface area (Å²) >= 11 is 1.79. The molecule has 1 aromatic rings. The van der Waals surface area contributed by atoms with Crippen molar-refractivity contribution in [2.24, 2.45) is 0 Å². The summed E-state index contributed by atoms with van der Waals surface area (Å²) in [6.45, 7) is 2.25. The normalized spacial score (nSPS) is 31.8. The standard InChI is InChI=1S/C15H21NOS/c1-10(11-3-6-13(18-2)7-4-11)16-14-9-12-5-8-15(14)17-12/h3-4,6-7,10,12,14-16H,5,8-9H2,1-2H3. The zero-order valence-electron chi connectivity index (χ0n) is 11.1. The molecule has 2 heterocycles. The van der Waals surface area contributed by atoms with Gasteiger partial charge in [0.1, 0.15) is 0 Å². The Morgan fingerprint density at radius 3 is 2.61 bits per heavy atom. The molecule has 2 saturated heterocycles. The second-order valence-corrected chi connectivity index (χ2v) is 6.26. The lowest BCUT2D eigenvalue weighted by molar-refractivity contribution is 0.0962. The topological polar surface area (TPSA) is 21.3 Å². The maximum atomic E-state index is 5.89. The summed E-state index contributed by atoms with van der Waals surface area (Å²) in [5, 5.41) is 3.73. The zero-order valence-corrected chi connectivity index (χ0v) is 11.9. The highest BCUT2D eigenvalue weighted by molar-refractivity contribution is 7.98. The molecule has 2 aliphatic heterocycles. The van der Waals surface area contributed by atoms with Gasteiger partial charge in [0.25, 0.3) is 0 Å². The maximum Gasteiger partial charge on any atom is 0.0733 e. The van der Waals surface area contributed by atoms with Crippen molar-refractivity contribution in [2.75, 3.05) is 6.26 Å². The largest absolute Gasteiger partial charge is 0.373 e. The number of hydrogen-bond acceptors (Lipinski definition) is 3. The summed E-state index contributed by atoms with van der Waals surface area (Å²) in [5.41, 5.74) is 1.37. The summed E-state index contributed by atoms with van der Waals surface area (Å²) in [6, 6.07) is 9.84. The van der Waals surface area contributed by atoms with Crippen LogP contribution in [0.1, 0.15) is 37.8 Å². The predicted molar refractivity (Wildman–Crippen MR) is 76.1 cm³/mol. The van der Waals surface area contributed by atoms with Gasteiger partial charge >= 0.3 is 0 Å². The number of ether oxygens (including phenoxy) is 1. The van der Waals surface area contributed by atoms with Crippen LogP contribution in [0, 0.1) is 0 Å². The molecule has 4 atom stereocenters. The number of hydrogen-bond donors (Lipinski definition) is 1. The summed E-state index contributed by atoms with van der Waals surface area (Å²) in [4.78, 5) is 1.33. The van der Waals surface area contributed by atoms with Gasteiger partial charge in [0.2, 0.25) is 0 Å². The van der Waals surface area contributed by atoms with Gasteiger partial charge in [0.15, 0.2) is 0 Å². The van der Waals surface area contributed by atoms with E-state index in [1.165, 1.54) is 29.7 Å². The molecule has 1 aromatic carbocycles. The van der Waals surface area contributed by atoms with E-state index in [9.17, 15) is 0 Å². The van der Waals surface area contributed by atoms with Crippen molar-refractivity contribution in [3.8, 4) is 0 Å². The molecule has 0 aliphatic carbocycles. The summed E-state index contributed by atoms with van der Waals surface area (Å²) in [6.07, 6.45) is 6.79. The summed E-state index contributed by atoms with van der Waals surface area (Å²) in [7, 11) is 0. The molecule has 1 N–H and O–H groups in total. The van der Waals surface area contributed by atoms with E-state index >= 15 is 0 Å². The van der Waals surface area contributed by atoms with Crippen molar-refractivity contribution < 1.29 is 4.74 Å². The van der Waals surface area contributed by atoms with Crippen LogP contribution >= 0.6 is 11.8 Å². The van der Waals surface area contributed by atoms with E-state index in [2.05, 4.69) is 42.8 Å². The molecular weight excluding hydrogens is 242 g/mol. The fraction of sp³-hybridized carbons (Fsp3) is 0.600. The van der Waals surface area contributed by atoms with Crippen LogP contribution < -0.4 is 5.32 Å². The number of fused-ring (bicyclic) bond motifs is 2. The van der Waals surface area contributed by atoms with Gasteiger partial charge in [-0.15, -0.1) is 11.8 Å². The lowest BCUT2D eigenvalue weighted by Crippen LogP contribution is -2.38. The first kappa shape index (κ1) is 12.5. The third kappa shape index (κ3) is 2.44. The van der Waals surface area contributed by atoms with Crippen LogP contribution in [0.15, 0.2) is 29.2 Å². The zero-order chi connectivity index (χ0) is 12.5. The first-order chi connectivity index (χ1) is 8.76. The highest BCUT2D eigenvalue weighted by atomic mass is 32.2. The lowest BCUT2D eigenvalue weighted by Gasteiger charge is -2.25. The Balaban J connectivity index is 1.62. The number of rotatable bonds is 4. The average molecular weight is 263 g/mol. The first-order valence-corrected chi connectivity index (χ1v) is 8.04. The van der Waals surface area contributed by atoms with Gasteiger partial charge in [0.05, 0.1) is 12.2 Å². The fourth-order valence-electron chi connectivity index (χ4n) is 3.12. The highest BCUT2D eigenvalue weighted by Gasteiger charge is 2.40. The SMILES string of the molecule is CSc1ccc(C(C)NC2CC3CCC2O3)cc1. The molecule has 2 nitrogen and oxygen atoms in total. The Labute approximate surface area is 113 Å². The van der Waals surface area contributed by atoms with E-state index in [0.29, 0.717) is 24.3 Å². The molecule has 0 amide bonds. The quantitative estimate of drug-likeness (QED) is 0.842. The minimum Gasteiger partial charge on any atom is -0.373 e. The van der Waals surface area contributed by atoms with Crippen LogP contribution in [-0.2, 0) is 4.74 Å². The molecule has 2 fully saturated rings. The Morgan fingerprint density at radius 1 is 1.28 bits per heavy atom. The molecule has 18 heavy (non-hydrogen) atoms. The van der Waals surface area contributed by atoms with Crippen LogP contribution in [0.5, 0.6) is 0 Å². The van der Waals surface area contributed by atoms with Crippen molar-refractivity contribution in [3.05, 3.63) is 29.8 Å². The molecule has 3 rings (SSSR count). The van der Waals surface area contributed by atoms with Crippen LogP contribution in [0.3, 0.4) is 0 Å².